The highest BCUT2D eigenvalue weighted by atomic mass is 16.2. The fourth-order valence-electron chi connectivity index (χ4n) is 2.52. The first-order valence-corrected chi connectivity index (χ1v) is 7.10. The van der Waals surface area contributed by atoms with Gasteiger partial charge in [0.2, 0.25) is 11.8 Å². The Bertz CT molecular complexity index is 292. The summed E-state index contributed by atoms with van der Waals surface area (Å²) < 4.78 is 0. The van der Waals surface area contributed by atoms with Crippen molar-refractivity contribution in [3.05, 3.63) is 0 Å². The van der Waals surface area contributed by atoms with Crippen LogP contribution in [0.2, 0.25) is 0 Å². The van der Waals surface area contributed by atoms with E-state index in [-0.39, 0.29) is 11.8 Å². The van der Waals surface area contributed by atoms with Gasteiger partial charge in [-0.3, -0.25) is 9.59 Å². The summed E-state index contributed by atoms with van der Waals surface area (Å²) in [6, 6.07) is 0.316. The van der Waals surface area contributed by atoms with Crippen molar-refractivity contribution in [1.82, 2.24) is 10.2 Å². The van der Waals surface area contributed by atoms with Gasteiger partial charge in [0.05, 0.1) is 0 Å². The molecule has 0 aromatic carbocycles. The van der Waals surface area contributed by atoms with Crippen LogP contribution in [0.4, 0.5) is 0 Å². The number of carbonyl (C=O) groups is 2. The van der Waals surface area contributed by atoms with Gasteiger partial charge >= 0.3 is 0 Å². The van der Waals surface area contributed by atoms with E-state index < -0.39 is 0 Å². The van der Waals surface area contributed by atoms with Crippen molar-refractivity contribution in [3.63, 3.8) is 0 Å². The highest BCUT2D eigenvalue weighted by Gasteiger charge is 2.24. The molecular weight excluding hydrogens is 228 g/mol. The maximum absolute atomic E-state index is 12.2. The summed E-state index contributed by atoms with van der Waals surface area (Å²) >= 11 is 0. The predicted octanol–water partition coefficient (Wildman–Crippen LogP) is 1.94. The number of nitrogens with one attached hydrogen (secondary N) is 1. The minimum absolute atomic E-state index is 0.0265. The van der Waals surface area contributed by atoms with Crippen molar-refractivity contribution in [2.24, 2.45) is 5.92 Å². The molecule has 1 saturated heterocycles. The SMILES string of the molecule is CCNC(=O)CCC(=O)N1CC(C)CCCC1C. The number of hydrogen-bond donors (Lipinski definition) is 1. The van der Waals surface area contributed by atoms with E-state index in [1.807, 2.05) is 11.8 Å². The van der Waals surface area contributed by atoms with Gasteiger partial charge in [0, 0.05) is 32.0 Å². The summed E-state index contributed by atoms with van der Waals surface area (Å²) in [6.07, 6.45) is 4.12. The lowest BCUT2D eigenvalue weighted by atomic mass is 10.1. The predicted molar refractivity (Wildman–Crippen MR) is 72.1 cm³/mol. The number of likely N-dealkylation sites (tertiary alicyclic amines) is 1. The summed E-state index contributed by atoms with van der Waals surface area (Å²) in [5.74, 6) is 0.673. The Balaban J connectivity index is 2.45. The molecular formula is C14H26N2O2. The molecule has 0 spiro atoms. The molecule has 2 unspecified atom stereocenters. The zero-order chi connectivity index (χ0) is 13.5. The molecule has 0 aliphatic carbocycles. The highest BCUT2D eigenvalue weighted by molar-refractivity contribution is 5.83. The average molecular weight is 254 g/mol. The van der Waals surface area contributed by atoms with Gasteiger partial charge in [-0.05, 0) is 32.6 Å². The summed E-state index contributed by atoms with van der Waals surface area (Å²) in [7, 11) is 0. The van der Waals surface area contributed by atoms with Crippen molar-refractivity contribution in [2.75, 3.05) is 13.1 Å². The molecule has 1 aliphatic rings. The topological polar surface area (TPSA) is 49.4 Å². The van der Waals surface area contributed by atoms with Gasteiger partial charge in [-0.1, -0.05) is 13.3 Å². The molecule has 0 aromatic heterocycles. The fraction of sp³-hybridized carbons (Fsp3) is 0.857. The minimum atomic E-state index is -0.0265. The molecule has 1 fully saturated rings. The normalized spacial score (nSPS) is 24.5. The molecule has 4 nitrogen and oxygen atoms in total. The monoisotopic (exact) mass is 254 g/mol. The molecule has 104 valence electrons. The van der Waals surface area contributed by atoms with Gasteiger partial charge < -0.3 is 10.2 Å². The van der Waals surface area contributed by atoms with Crippen LogP contribution in [0.3, 0.4) is 0 Å². The number of amides is 2. The third-order valence-corrected chi connectivity index (χ3v) is 3.62. The largest absolute Gasteiger partial charge is 0.356 e. The first kappa shape index (κ1) is 15.0. The van der Waals surface area contributed by atoms with Gasteiger partial charge in [-0.25, -0.2) is 0 Å². The Kier molecular flexibility index (Phi) is 6.16. The molecule has 0 radical (unpaired) electrons. The second-order valence-corrected chi connectivity index (χ2v) is 5.38. The zero-order valence-corrected chi connectivity index (χ0v) is 11.9. The van der Waals surface area contributed by atoms with Gasteiger partial charge in [-0.15, -0.1) is 0 Å². The van der Waals surface area contributed by atoms with Crippen LogP contribution in [0.15, 0.2) is 0 Å². The molecule has 1 N–H and O–H groups in total. The smallest absolute Gasteiger partial charge is 0.223 e. The van der Waals surface area contributed by atoms with Crippen LogP contribution < -0.4 is 5.32 Å². The van der Waals surface area contributed by atoms with Crippen molar-refractivity contribution >= 4 is 11.8 Å². The highest BCUT2D eigenvalue weighted by Crippen LogP contribution is 2.21. The van der Waals surface area contributed by atoms with Crippen LogP contribution in [-0.4, -0.2) is 35.8 Å². The van der Waals surface area contributed by atoms with Gasteiger partial charge in [0.25, 0.3) is 0 Å². The molecule has 0 bridgehead atoms. The minimum Gasteiger partial charge on any atom is -0.356 e. The molecule has 1 rings (SSSR count). The lowest BCUT2D eigenvalue weighted by Gasteiger charge is -2.28. The average Bonchev–Trinajstić information content (AvgIpc) is 2.48. The summed E-state index contributed by atoms with van der Waals surface area (Å²) in [4.78, 5) is 25.5. The summed E-state index contributed by atoms with van der Waals surface area (Å²) in [5.41, 5.74) is 0. The third-order valence-electron chi connectivity index (χ3n) is 3.62. The molecule has 0 saturated carbocycles. The maximum Gasteiger partial charge on any atom is 0.223 e. The quantitative estimate of drug-likeness (QED) is 0.833. The third kappa shape index (κ3) is 4.67. The van der Waals surface area contributed by atoms with Crippen LogP contribution in [-0.2, 0) is 9.59 Å². The molecule has 18 heavy (non-hydrogen) atoms. The van der Waals surface area contributed by atoms with Crippen molar-refractivity contribution in [1.29, 1.82) is 0 Å². The molecule has 1 aliphatic heterocycles. The van der Waals surface area contributed by atoms with E-state index in [1.54, 1.807) is 0 Å². The lowest BCUT2D eigenvalue weighted by Crippen LogP contribution is -2.40. The van der Waals surface area contributed by atoms with Crippen molar-refractivity contribution in [3.8, 4) is 0 Å². The number of carbonyl (C=O) groups excluding carboxylic acids is 2. The van der Waals surface area contributed by atoms with Crippen LogP contribution in [0, 0.1) is 5.92 Å². The van der Waals surface area contributed by atoms with Crippen LogP contribution in [0.1, 0.15) is 52.9 Å². The van der Waals surface area contributed by atoms with Crippen LogP contribution >= 0.6 is 0 Å². The van der Waals surface area contributed by atoms with Gasteiger partial charge in [-0.2, -0.15) is 0 Å². The van der Waals surface area contributed by atoms with Crippen LogP contribution in [0.25, 0.3) is 0 Å². The van der Waals surface area contributed by atoms with E-state index in [4.69, 9.17) is 0 Å². The van der Waals surface area contributed by atoms with E-state index in [9.17, 15) is 9.59 Å². The van der Waals surface area contributed by atoms with E-state index in [0.717, 1.165) is 13.0 Å². The molecule has 0 aromatic rings. The second-order valence-electron chi connectivity index (χ2n) is 5.38. The number of hydrogen-bond acceptors (Lipinski definition) is 2. The standard InChI is InChI=1S/C14H26N2O2/c1-4-15-13(17)8-9-14(18)16-10-11(2)6-5-7-12(16)3/h11-12H,4-10H2,1-3H3,(H,15,17). The Morgan fingerprint density at radius 3 is 2.61 bits per heavy atom. The van der Waals surface area contributed by atoms with Gasteiger partial charge in [0.1, 0.15) is 0 Å². The van der Waals surface area contributed by atoms with Crippen molar-refractivity contribution < 1.29 is 9.59 Å². The van der Waals surface area contributed by atoms with E-state index in [2.05, 4.69) is 19.2 Å². The summed E-state index contributed by atoms with van der Waals surface area (Å²) in [6.45, 7) is 7.67. The molecule has 1 heterocycles. The van der Waals surface area contributed by atoms with Crippen molar-refractivity contribution in [2.45, 2.75) is 58.9 Å². The van der Waals surface area contributed by atoms with Crippen LogP contribution in [0.5, 0.6) is 0 Å². The molecule has 2 amide bonds. The fourth-order valence-corrected chi connectivity index (χ4v) is 2.52. The second kappa shape index (κ2) is 7.39. The molecule has 4 heteroatoms. The lowest BCUT2D eigenvalue weighted by molar-refractivity contribution is -0.135. The molecule has 2 atom stereocenters. The zero-order valence-electron chi connectivity index (χ0n) is 11.9. The summed E-state index contributed by atoms with van der Waals surface area (Å²) in [5, 5.41) is 2.73. The van der Waals surface area contributed by atoms with E-state index >= 15 is 0 Å². The maximum atomic E-state index is 12.2. The Morgan fingerprint density at radius 2 is 1.94 bits per heavy atom. The number of rotatable bonds is 4. The van der Waals surface area contributed by atoms with E-state index in [1.165, 1.54) is 12.8 Å². The Morgan fingerprint density at radius 1 is 1.22 bits per heavy atom. The van der Waals surface area contributed by atoms with Gasteiger partial charge in [0.15, 0.2) is 0 Å². The first-order valence-electron chi connectivity index (χ1n) is 7.10. The Hall–Kier alpha value is -1.06. The van der Waals surface area contributed by atoms with E-state index in [0.29, 0.717) is 31.3 Å². The number of nitrogens with zero attached hydrogens (tertiary/aromatic N) is 1. The first-order chi connectivity index (χ1) is 8.54. The Labute approximate surface area is 110 Å².